The molecule has 3 aromatic rings. The van der Waals surface area contributed by atoms with Gasteiger partial charge in [-0.1, -0.05) is 24.1 Å². The van der Waals surface area contributed by atoms with Crippen LogP contribution in [0.3, 0.4) is 0 Å². The van der Waals surface area contributed by atoms with E-state index in [9.17, 15) is 13.6 Å². The molecule has 0 spiro atoms. The standard InChI is InChI=1S/C24H19F2NO4/c25-18-7-10-21(26)23(14-18)30-16-20-15-27(12-13-29-20)24(28)22-11-9-19(31-22)8-6-17-4-2-1-3-5-17/h1-5,7,9-11,14,20H,12-13,15-16H2. The Morgan fingerprint density at radius 2 is 1.94 bits per heavy atom. The van der Waals surface area contributed by atoms with Crippen molar-refractivity contribution in [2.45, 2.75) is 6.10 Å². The average molecular weight is 423 g/mol. The lowest BCUT2D eigenvalue weighted by Gasteiger charge is -2.32. The summed E-state index contributed by atoms with van der Waals surface area (Å²) in [7, 11) is 0. The Hall–Kier alpha value is -3.63. The molecule has 158 valence electrons. The third kappa shape index (κ3) is 5.30. The molecule has 0 saturated carbocycles. The number of carbonyl (C=O) groups excluding carboxylic acids is 1. The van der Waals surface area contributed by atoms with Crippen molar-refractivity contribution in [3.05, 3.63) is 89.4 Å². The number of rotatable bonds is 4. The molecule has 2 heterocycles. The largest absolute Gasteiger partial charge is 0.488 e. The fourth-order valence-electron chi connectivity index (χ4n) is 3.11. The topological polar surface area (TPSA) is 51.9 Å². The average Bonchev–Trinajstić information content (AvgIpc) is 3.28. The van der Waals surface area contributed by atoms with E-state index in [1.54, 1.807) is 17.0 Å². The summed E-state index contributed by atoms with van der Waals surface area (Å²) in [5.74, 6) is 4.70. The molecule has 0 aliphatic carbocycles. The summed E-state index contributed by atoms with van der Waals surface area (Å²) in [5, 5.41) is 0. The van der Waals surface area contributed by atoms with Gasteiger partial charge >= 0.3 is 0 Å². The highest BCUT2D eigenvalue weighted by atomic mass is 19.1. The Labute approximate surface area is 178 Å². The van der Waals surface area contributed by atoms with Crippen LogP contribution in [0.5, 0.6) is 5.75 Å². The van der Waals surface area contributed by atoms with Crippen molar-refractivity contribution in [3.63, 3.8) is 0 Å². The first-order chi connectivity index (χ1) is 15.1. The van der Waals surface area contributed by atoms with E-state index in [0.717, 1.165) is 23.8 Å². The molecule has 1 aliphatic heterocycles. The van der Waals surface area contributed by atoms with Crippen LogP contribution in [0.15, 0.2) is 65.1 Å². The highest BCUT2D eigenvalue weighted by molar-refractivity contribution is 5.91. The van der Waals surface area contributed by atoms with Gasteiger partial charge in [0.05, 0.1) is 13.2 Å². The molecule has 1 aliphatic rings. The molecule has 31 heavy (non-hydrogen) atoms. The molecule has 4 rings (SSSR count). The number of morpholine rings is 1. The van der Waals surface area contributed by atoms with Gasteiger partial charge in [-0.3, -0.25) is 4.79 Å². The second-order valence-corrected chi connectivity index (χ2v) is 6.91. The molecule has 1 atom stereocenters. The highest BCUT2D eigenvalue weighted by Crippen LogP contribution is 2.19. The van der Waals surface area contributed by atoms with Gasteiger partial charge in [0.25, 0.3) is 5.91 Å². The van der Waals surface area contributed by atoms with Crippen molar-refractivity contribution in [2.24, 2.45) is 0 Å². The molecule has 1 saturated heterocycles. The molecule has 0 N–H and O–H groups in total. The minimum atomic E-state index is -0.662. The van der Waals surface area contributed by atoms with Crippen LogP contribution in [-0.4, -0.2) is 43.2 Å². The molecule has 7 heteroatoms. The fourth-order valence-corrected chi connectivity index (χ4v) is 3.11. The van der Waals surface area contributed by atoms with E-state index in [1.807, 2.05) is 30.3 Å². The van der Waals surface area contributed by atoms with Crippen LogP contribution in [0, 0.1) is 23.5 Å². The second kappa shape index (κ2) is 9.45. The molecule has 1 fully saturated rings. The third-order valence-corrected chi connectivity index (χ3v) is 4.66. The van der Waals surface area contributed by atoms with Crippen LogP contribution in [0.1, 0.15) is 21.9 Å². The van der Waals surface area contributed by atoms with Crippen molar-refractivity contribution in [1.29, 1.82) is 0 Å². The lowest BCUT2D eigenvalue weighted by Crippen LogP contribution is -2.47. The number of hydrogen-bond donors (Lipinski definition) is 0. The van der Waals surface area contributed by atoms with Crippen LogP contribution in [0.4, 0.5) is 8.78 Å². The minimum absolute atomic E-state index is 0.0177. The van der Waals surface area contributed by atoms with Crippen LogP contribution in [0.2, 0.25) is 0 Å². The van der Waals surface area contributed by atoms with Crippen molar-refractivity contribution < 1.29 is 27.5 Å². The second-order valence-electron chi connectivity index (χ2n) is 6.91. The molecular weight excluding hydrogens is 404 g/mol. The monoisotopic (exact) mass is 423 g/mol. The van der Waals surface area contributed by atoms with Gasteiger partial charge in [0.15, 0.2) is 23.1 Å². The maximum atomic E-state index is 13.7. The quantitative estimate of drug-likeness (QED) is 0.598. The van der Waals surface area contributed by atoms with Gasteiger partial charge in [0, 0.05) is 18.2 Å². The molecular formula is C24H19F2NO4. The SMILES string of the molecule is O=C(c1ccc(C#Cc2ccccc2)o1)N1CCOC(COc2cc(F)ccc2F)C1. The van der Waals surface area contributed by atoms with Crippen LogP contribution >= 0.6 is 0 Å². The Bertz CT molecular complexity index is 1120. The van der Waals surface area contributed by atoms with E-state index in [0.29, 0.717) is 18.9 Å². The number of hydrogen-bond acceptors (Lipinski definition) is 4. The first-order valence-corrected chi connectivity index (χ1v) is 9.74. The first-order valence-electron chi connectivity index (χ1n) is 9.74. The number of benzene rings is 2. The van der Waals surface area contributed by atoms with Gasteiger partial charge in [0.2, 0.25) is 0 Å². The van der Waals surface area contributed by atoms with E-state index < -0.39 is 17.7 Å². The first kappa shape index (κ1) is 20.6. The molecule has 1 aromatic heterocycles. The third-order valence-electron chi connectivity index (χ3n) is 4.66. The van der Waals surface area contributed by atoms with Crippen molar-refractivity contribution >= 4 is 5.91 Å². The number of furan rings is 1. The predicted octanol–water partition coefficient (Wildman–Crippen LogP) is 3.88. The summed E-state index contributed by atoms with van der Waals surface area (Å²) in [6.07, 6.45) is -0.479. The maximum Gasteiger partial charge on any atom is 0.289 e. The van der Waals surface area contributed by atoms with E-state index in [4.69, 9.17) is 13.9 Å². The number of amides is 1. The normalized spacial score (nSPS) is 15.8. The Kier molecular flexibility index (Phi) is 6.29. The zero-order valence-corrected chi connectivity index (χ0v) is 16.5. The molecule has 5 nitrogen and oxygen atoms in total. The van der Waals surface area contributed by atoms with Crippen LogP contribution in [-0.2, 0) is 4.74 Å². The van der Waals surface area contributed by atoms with Gasteiger partial charge < -0.3 is 18.8 Å². The molecule has 1 amide bonds. The molecule has 2 aromatic carbocycles. The van der Waals surface area contributed by atoms with Crippen LogP contribution < -0.4 is 4.74 Å². The zero-order chi connectivity index (χ0) is 21.6. The minimum Gasteiger partial charge on any atom is -0.488 e. The van der Waals surface area contributed by atoms with Gasteiger partial charge in [0.1, 0.15) is 18.5 Å². The summed E-state index contributed by atoms with van der Waals surface area (Å²) in [4.78, 5) is 14.4. The summed E-state index contributed by atoms with van der Waals surface area (Å²) in [6, 6.07) is 15.7. The van der Waals surface area contributed by atoms with E-state index in [2.05, 4.69) is 11.8 Å². The molecule has 1 unspecified atom stereocenters. The van der Waals surface area contributed by atoms with Crippen LogP contribution in [0.25, 0.3) is 0 Å². The van der Waals surface area contributed by atoms with Crippen molar-refractivity contribution in [1.82, 2.24) is 4.90 Å². The smallest absolute Gasteiger partial charge is 0.289 e. The van der Waals surface area contributed by atoms with Crippen molar-refractivity contribution in [2.75, 3.05) is 26.3 Å². The summed E-state index contributed by atoms with van der Waals surface area (Å²) < 4.78 is 43.5. The van der Waals surface area contributed by atoms with E-state index in [-0.39, 0.29) is 30.6 Å². The number of ether oxygens (including phenoxy) is 2. The van der Waals surface area contributed by atoms with Gasteiger partial charge in [-0.25, -0.2) is 8.78 Å². The maximum absolute atomic E-state index is 13.7. The Morgan fingerprint density at radius 3 is 2.77 bits per heavy atom. The Morgan fingerprint density at radius 1 is 1.10 bits per heavy atom. The van der Waals surface area contributed by atoms with E-state index in [1.165, 1.54) is 0 Å². The fraction of sp³-hybridized carbons (Fsp3) is 0.208. The summed E-state index contributed by atoms with van der Waals surface area (Å²) in [5.41, 5.74) is 0.845. The van der Waals surface area contributed by atoms with Crippen molar-refractivity contribution in [3.8, 4) is 17.6 Å². The van der Waals surface area contributed by atoms with Gasteiger partial charge in [-0.2, -0.15) is 0 Å². The predicted molar refractivity (Wildman–Crippen MR) is 109 cm³/mol. The highest BCUT2D eigenvalue weighted by Gasteiger charge is 2.27. The van der Waals surface area contributed by atoms with Gasteiger partial charge in [-0.15, -0.1) is 0 Å². The number of halogens is 2. The zero-order valence-electron chi connectivity index (χ0n) is 16.5. The lowest BCUT2D eigenvalue weighted by atomic mass is 10.2. The lowest BCUT2D eigenvalue weighted by molar-refractivity contribution is -0.0413. The molecule has 0 bridgehead atoms. The summed E-state index contributed by atoms with van der Waals surface area (Å²) in [6.45, 7) is 0.903. The van der Waals surface area contributed by atoms with E-state index >= 15 is 0 Å². The summed E-state index contributed by atoms with van der Waals surface area (Å²) >= 11 is 0. The number of carbonyl (C=O) groups is 1. The number of nitrogens with zero attached hydrogens (tertiary/aromatic N) is 1. The molecule has 0 radical (unpaired) electrons. The Balaban J connectivity index is 1.36. The van der Waals surface area contributed by atoms with Gasteiger partial charge in [-0.05, 0) is 42.3 Å².